The quantitative estimate of drug-likeness (QED) is 0.395. The van der Waals surface area contributed by atoms with Crippen LogP contribution in [-0.4, -0.2) is 12.6 Å². The molecule has 3 aromatic rings. The number of aryl methyl sites for hydroxylation is 1. The average Bonchev–Trinajstić information content (AvgIpc) is 3.10. The lowest BCUT2D eigenvalue weighted by Crippen LogP contribution is -2.17. The molecule has 0 radical (unpaired) electrons. The highest BCUT2D eigenvalue weighted by atomic mass is 35.5. The van der Waals surface area contributed by atoms with Crippen LogP contribution in [0.3, 0.4) is 0 Å². The van der Waals surface area contributed by atoms with Crippen molar-refractivity contribution in [1.82, 2.24) is 0 Å². The molecule has 1 aliphatic carbocycles. The van der Waals surface area contributed by atoms with Gasteiger partial charge in [0.05, 0.1) is 0 Å². The Morgan fingerprint density at radius 1 is 1.08 bits per heavy atom. The van der Waals surface area contributed by atoms with Gasteiger partial charge in [-0.25, -0.2) is 9.59 Å². The topological polar surface area (TPSA) is 65.7 Å². The maximum atomic E-state index is 12.0. The van der Waals surface area contributed by atoms with Gasteiger partial charge in [-0.05, 0) is 55.2 Å². The van der Waals surface area contributed by atoms with Gasteiger partial charge in [-0.1, -0.05) is 17.7 Å². The second kappa shape index (κ2) is 6.84. The van der Waals surface area contributed by atoms with Crippen LogP contribution < -0.4 is 15.1 Å². The molecule has 0 aliphatic heterocycles. The van der Waals surface area contributed by atoms with Crippen LogP contribution in [0.1, 0.15) is 17.5 Å². The summed E-state index contributed by atoms with van der Waals surface area (Å²) >= 11 is 5.85. The van der Waals surface area contributed by atoms with Crippen molar-refractivity contribution in [3.8, 4) is 11.5 Å². The molecule has 1 aromatic heterocycles. The molecular weight excluding hydrogens is 356 g/mol. The van der Waals surface area contributed by atoms with E-state index in [-0.39, 0.29) is 12.2 Å². The SMILES string of the molecule is O=C(COc1ccc2c3c(c(=O)oc2c1)CCC3)Oc1cccc(Cl)c1. The molecule has 0 amide bonds. The predicted octanol–water partition coefficient (Wildman–Crippen LogP) is 3.92. The molecule has 4 rings (SSSR count). The van der Waals surface area contributed by atoms with Crippen molar-refractivity contribution in [2.45, 2.75) is 19.3 Å². The van der Waals surface area contributed by atoms with E-state index in [4.69, 9.17) is 25.5 Å². The van der Waals surface area contributed by atoms with E-state index in [9.17, 15) is 9.59 Å². The van der Waals surface area contributed by atoms with Gasteiger partial charge in [0.25, 0.3) is 0 Å². The minimum Gasteiger partial charge on any atom is -0.482 e. The first kappa shape index (κ1) is 16.7. The smallest absolute Gasteiger partial charge is 0.349 e. The zero-order valence-electron chi connectivity index (χ0n) is 13.8. The third kappa shape index (κ3) is 3.30. The van der Waals surface area contributed by atoms with Gasteiger partial charge in [0.2, 0.25) is 0 Å². The van der Waals surface area contributed by atoms with E-state index in [0.717, 1.165) is 35.8 Å². The van der Waals surface area contributed by atoms with E-state index < -0.39 is 5.97 Å². The Balaban J connectivity index is 1.48. The van der Waals surface area contributed by atoms with Crippen molar-refractivity contribution in [1.29, 1.82) is 0 Å². The Bertz CT molecular complexity index is 1050. The first-order valence-electron chi connectivity index (χ1n) is 8.28. The summed E-state index contributed by atoms with van der Waals surface area (Å²) in [6.45, 7) is -0.271. The van der Waals surface area contributed by atoms with Crippen LogP contribution in [0.4, 0.5) is 0 Å². The van der Waals surface area contributed by atoms with Crippen LogP contribution in [0, 0.1) is 0 Å². The zero-order valence-corrected chi connectivity index (χ0v) is 14.5. The van der Waals surface area contributed by atoms with Gasteiger partial charge in [-0.3, -0.25) is 0 Å². The zero-order chi connectivity index (χ0) is 18.1. The summed E-state index contributed by atoms with van der Waals surface area (Å²) in [6, 6.07) is 11.8. The normalized spacial score (nSPS) is 12.8. The number of carbonyl (C=O) groups is 1. The van der Waals surface area contributed by atoms with Gasteiger partial charge in [-0.2, -0.15) is 0 Å². The second-order valence-corrected chi connectivity index (χ2v) is 6.51. The third-order valence-electron chi connectivity index (χ3n) is 4.33. The number of halogens is 1. The average molecular weight is 371 g/mol. The molecule has 0 fully saturated rings. The lowest BCUT2D eigenvalue weighted by atomic mass is 10.1. The fourth-order valence-corrected chi connectivity index (χ4v) is 3.37. The Morgan fingerprint density at radius 2 is 1.92 bits per heavy atom. The summed E-state index contributed by atoms with van der Waals surface area (Å²) < 4.78 is 16.0. The summed E-state index contributed by atoms with van der Waals surface area (Å²) in [5.74, 6) is 0.232. The molecule has 0 bridgehead atoms. The third-order valence-corrected chi connectivity index (χ3v) is 4.56. The van der Waals surface area contributed by atoms with Crippen LogP contribution in [0.15, 0.2) is 51.7 Å². The molecule has 0 unspecified atom stereocenters. The van der Waals surface area contributed by atoms with Crippen molar-refractivity contribution in [2.75, 3.05) is 6.61 Å². The maximum absolute atomic E-state index is 12.0. The Kier molecular flexibility index (Phi) is 4.39. The molecule has 6 heteroatoms. The van der Waals surface area contributed by atoms with Gasteiger partial charge in [0.1, 0.15) is 17.1 Å². The molecule has 2 aromatic carbocycles. The van der Waals surface area contributed by atoms with E-state index >= 15 is 0 Å². The first-order valence-corrected chi connectivity index (χ1v) is 8.65. The Hall–Kier alpha value is -2.79. The van der Waals surface area contributed by atoms with Gasteiger partial charge in [0, 0.05) is 22.0 Å². The molecule has 0 N–H and O–H groups in total. The molecule has 1 heterocycles. The molecule has 0 spiro atoms. The summed E-state index contributed by atoms with van der Waals surface area (Å²) in [5.41, 5.74) is 2.01. The second-order valence-electron chi connectivity index (χ2n) is 6.08. The highest BCUT2D eigenvalue weighted by Crippen LogP contribution is 2.29. The number of fused-ring (bicyclic) bond motifs is 3. The van der Waals surface area contributed by atoms with Gasteiger partial charge in [0.15, 0.2) is 6.61 Å². The number of hydrogen-bond acceptors (Lipinski definition) is 5. The number of benzene rings is 2. The number of carbonyl (C=O) groups excluding carboxylic acids is 1. The number of ether oxygens (including phenoxy) is 2. The molecule has 0 atom stereocenters. The Labute approximate surface area is 154 Å². The van der Waals surface area contributed by atoms with Crippen LogP contribution in [0.2, 0.25) is 5.02 Å². The van der Waals surface area contributed by atoms with Crippen molar-refractivity contribution in [2.24, 2.45) is 0 Å². The van der Waals surface area contributed by atoms with E-state index in [0.29, 0.717) is 22.1 Å². The first-order chi connectivity index (χ1) is 12.6. The Morgan fingerprint density at radius 3 is 2.77 bits per heavy atom. The lowest BCUT2D eigenvalue weighted by Gasteiger charge is -2.09. The predicted molar refractivity (Wildman–Crippen MR) is 97.1 cm³/mol. The molecule has 0 saturated carbocycles. The summed E-state index contributed by atoms with van der Waals surface area (Å²) in [7, 11) is 0. The van der Waals surface area contributed by atoms with Crippen molar-refractivity contribution in [3.63, 3.8) is 0 Å². The molecule has 26 heavy (non-hydrogen) atoms. The highest BCUT2D eigenvalue weighted by molar-refractivity contribution is 6.30. The fraction of sp³-hybridized carbons (Fsp3) is 0.200. The molecule has 5 nitrogen and oxygen atoms in total. The van der Waals surface area contributed by atoms with Gasteiger partial charge < -0.3 is 13.9 Å². The van der Waals surface area contributed by atoms with E-state index in [2.05, 4.69) is 0 Å². The molecule has 132 valence electrons. The number of esters is 1. The summed E-state index contributed by atoms with van der Waals surface area (Å²) in [6.07, 6.45) is 2.61. The molecule has 0 saturated heterocycles. The minimum atomic E-state index is -0.553. The monoisotopic (exact) mass is 370 g/mol. The highest BCUT2D eigenvalue weighted by Gasteiger charge is 2.19. The van der Waals surface area contributed by atoms with Crippen LogP contribution in [0.5, 0.6) is 11.5 Å². The van der Waals surface area contributed by atoms with Crippen LogP contribution in [0.25, 0.3) is 11.0 Å². The summed E-state index contributed by atoms with van der Waals surface area (Å²) in [4.78, 5) is 23.9. The largest absolute Gasteiger partial charge is 0.482 e. The van der Waals surface area contributed by atoms with E-state index in [1.807, 2.05) is 6.07 Å². The lowest BCUT2D eigenvalue weighted by molar-refractivity contribution is -0.136. The molecular formula is C20H15ClO5. The van der Waals surface area contributed by atoms with Crippen molar-refractivity contribution >= 4 is 28.5 Å². The summed E-state index contributed by atoms with van der Waals surface area (Å²) in [5, 5.41) is 1.40. The number of hydrogen-bond donors (Lipinski definition) is 0. The van der Waals surface area contributed by atoms with Crippen LogP contribution >= 0.6 is 11.6 Å². The molecule has 1 aliphatic rings. The van der Waals surface area contributed by atoms with Crippen LogP contribution in [-0.2, 0) is 17.6 Å². The van der Waals surface area contributed by atoms with E-state index in [1.54, 1.807) is 36.4 Å². The van der Waals surface area contributed by atoms with Gasteiger partial charge >= 0.3 is 11.6 Å². The fourth-order valence-electron chi connectivity index (χ4n) is 3.19. The van der Waals surface area contributed by atoms with Crippen molar-refractivity contribution in [3.05, 3.63) is 69.0 Å². The standard InChI is InChI=1S/C20H15ClO5/c21-12-3-1-4-14(9-12)25-19(22)11-24-13-7-8-16-15-5-2-6-17(15)20(23)26-18(16)10-13/h1,3-4,7-10H,2,5-6,11H2. The minimum absolute atomic E-state index is 0.271. The maximum Gasteiger partial charge on any atom is 0.349 e. The van der Waals surface area contributed by atoms with Crippen molar-refractivity contribution < 1.29 is 18.7 Å². The number of rotatable bonds is 4. The van der Waals surface area contributed by atoms with Gasteiger partial charge in [-0.15, -0.1) is 0 Å². The van der Waals surface area contributed by atoms with E-state index in [1.165, 1.54) is 0 Å².